The molecule has 0 amide bonds. The summed E-state index contributed by atoms with van der Waals surface area (Å²) in [5.41, 5.74) is 0. The Morgan fingerprint density at radius 2 is 2.23 bits per heavy atom. The SMILES string of the molecule is CCS(=O)(=O)N1CCNCC(C)C1. The Labute approximate surface area is 80.4 Å². The molecule has 1 heterocycles. The summed E-state index contributed by atoms with van der Waals surface area (Å²) in [5.74, 6) is 0.614. The van der Waals surface area contributed by atoms with Crippen LogP contribution in [0.25, 0.3) is 0 Å². The van der Waals surface area contributed by atoms with E-state index in [4.69, 9.17) is 0 Å². The fraction of sp³-hybridized carbons (Fsp3) is 1.00. The highest BCUT2D eigenvalue weighted by atomic mass is 32.2. The maximum Gasteiger partial charge on any atom is 0.213 e. The zero-order chi connectivity index (χ0) is 9.90. The van der Waals surface area contributed by atoms with Gasteiger partial charge in [0.05, 0.1) is 5.75 Å². The lowest BCUT2D eigenvalue weighted by atomic mass is 10.2. The third-order valence-corrected chi connectivity index (χ3v) is 4.15. The fourth-order valence-electron chi connectivity index (χ4n) is 1.49. The van der Waals surface area contributed by atoms with Crippen molar-refractivity contribution in [2.45, 2.75) is 13.8 Å². The summed E-state index contributed by atoms with van der Waals surface area (Å²) in [5, 5.41) is 3.22. The molecular formula is C8H18N2O2S. The Hall–Kier alpha value is -0.130. The molecule has 1 fully saturated rings. The molecule has 78 valence electrons. The van der Waals surface area contributed by atoms with Crippen molar-refractivity contribution in [3.8, 4) is 0 Å². The molecule has 5 heteroatoms. The van der Waals surface area contributed by atoms with Gasteiger partial charge in [-0.1, -0.05) is 6.92 Å². The van der Waals surface area contributed by atoms with E-state index in [1.807, 2.05) is 0 Å². The molecular weight excluding hydrogens is 188 g/mol. The Kier molecular flexibility index (Phi) is 3.70. The Morgan fingerprint density at radius 1 is 1.54 bits per heavy atom. The average molecular weight is 206 g/mol. The van der Waals surface area contributed by atoms with E-state index in [0.717, 1.165) is 13.1 Å². The number of nitrogens with one attached hydrogen (secondary N) is 1. The van der Waals surface area contributed by atoms with Gasteiger partial charge < -0.3 is 5.32 Å². The van der Waals surface area contributed by atoms with E-state index in [-0.39, 0.29) is 5.75 Å². The van der Waals surface area contributed by atoms with Crippen LogP contribution in [0.2, 0.25) is 0 Å². The van der Waals surface area contributed by atoms with Crippen molar-refractivity contribution in [1.29, 1.82) is 0 Å². The summed E-state index contributed by atoms with van der Waals surface area (Å²) >= 11 is 0. The first kappa shape index (κ1) is 10.9. The molecule has 1 rings (SSSR count). The van der Waals surface area contributed by atoms with E-state index in [9.17, 15) is 8.42 Å². The van der Waals surface area contributed by atoms with Crippen molar-refractivity contribution in [3.05, 3.63) is 0 Å². The maximum absolute atomic E-state index is 11.6. The molecule has 0 radical (unpaired) electrons. The van der Waals surface area contributed by atoms with E-state index in [0.29, 0.717) is 19.0 Å². The standard InChI is InChI=1S/C8H18N2O2S/c1-3-13(11,12)10-5-4-9-6-8(2)7-10/h8-9H,3-7H2,1-2H3. The molecule has 0 aromatic heterocycles. The normalized spacial score (nSPS) is 27.1. The molecule has 1 atom stereocenters. The van der Waals surface area contributed by atoms with Gasteiger partial charge in [0.1, 0.15) is 0 Å². The maximum atomic E-state index is 11.6. The summed E-state index contributed by atoms with van der Waals surface area (Å²) in [4.78, 5) is 0. The summed E-state index contributed by atoms with van der Waals surface area (Å²) in [6, 6.07) is 0. The van der Waals surface area contributed by atoms with Gasteiger partial charge in [0.25, 0.3) is 0 Å². The fourth-order valence-corrected chi connectivity index (χ4v) is 2.71. The Morgan fingerprint density at radius 3 is 2.85 bits per heavy atom. The predicted molar refractivity (Wildman–Crippen MR) is 53.1 cm³/mol. The topological polar surface area (TPSA) is 49.4 Å². The predicted octanol–water partition coefficient (Wildman–Crippen LogP) is -0.123. The highest BCUT2D eigenvalue weighted by Gasteiger charge is 2.23. The van der Waals surface area contributed by atoms with Gasteiger partial charge in [0.15, 0.2) is 0 Å². The second kappa shape index (κ2) is 4.39. The first-order chi connectivity index (χ1) is 6.06. The van der Waals surface area contributed by atoms with Crippen molar-refractivity contribution in [2.24, 2.45) is 5.92 Å². The lowest BCUT2D eigenvalue weighted by Gasteiger charge is -2.20. The van der Waals surface area contributed by atoms with Crippen LogP contribution >= 0.6 is 0 Å². The van der Waals surface area contributed by atoms with Crippen LogP contribution in [-0.2, 0) is 10.0 Å². The number of rotatable bonds is 2. The zero-order valence-corrected chi connectivity index (χ0v) is 9.10. The van der Waals surface area contributed by atoms with E-state index in [1.54, 1.807) is 11.2 Å². The van der Waals surface area contributed by atoms with Crippen LogP contribution in [0, 0.1) is 5.92 Å². The molecule has 1 unspecified atom stereocenters. The largest absolute Gasteiger partial charge is 0.315 e. The van der Waals surface area contributed by atoms with Gasteiger partial charge in [-0.3, -0.25) is 0 Å². The number of nitrogens with zero attached hydrogens (tertiary/aromatic N) is 1. The third kappa shape index (κ3) is 2.93. The quantitative estimate of drug-likeness (QED) is 0.685. The van der Waals surface area contributed by atoms with Crippen LogP contribution in [0.5, 0.6) is 0 Å². The van der Waals surface area contributed by atoms with Crippen LogP contribution in [0.15, 0.2) is 0 Å². The van der Waals surface area contributed by atoms with E-state index in [2.05, 4.69) is 12.2 Å². The van der Waals surface area contributed by atoms with Crippen molar-refractivity contribution in [1.82, 2.24) is 9.62 Å². The first-order valence-electron chi connectivity index (χ1n) is 4.75. The lowest BCUT2D eigenvalue weighted by molar-refractivity contribution is 0.392. The minimum absolute atomic E-state index is 0.208. The van der Waals surface area contributed by atoms with E-state index in [1.165, 1.54) is 0 Å². The highest BCUT2D eigenvalue weighted by molar-refractivity contribution is 7.89. The molecule has 0 spiro atoms. The van der Waals surface area contributed by atoms with Crippen molar-refractivity contribution in [2.75, 3.05) is 31.9 Å². The smallest absolute Gasteiger partial charge is 0.213 e. The molecule has 0 aliphatic carbocycles. The van der Waals surface area contributed by atoms with Gasteiger partial charge in [-0.2, -0.15) is 0 Å². The molecule has 1 aliphatic heterocycles. The lowest BCUT2D eigenvalue weighted by Crippen LogP contribution is -2.36. The number of hydrogen-bond acceptors (Lipinski definition) is 3. The van der Waals surface area contributed by atoms with Crippen molar-refractivity contribution < 1.29 is 8.42 Å². The van der Waals surface area contributed by atoms with Crippen LogP contribution in [0.3, 0.4) is 0 Å². The first-order valence-corrected chi connectivity index (χ1v) is 6.35. The van der Waals surface area contributed by atoms with Gasteiger partial charge in [-0.25, -0.2) is 12.7 Å². The van der Waals surface area contributed by atoms with Crippen LogP contribution < -0.4 is 5.32 Å². The number of hydrogen-bond donors (Lipinski definition) is 1. The average Bonchev–Trinajstić information content (AvgIpc) is 2.30. The molecule has 0 aromatic carbocycles. The van der Waals surface area contributed by atoms with Crippen LogP contribution in [0.4, 0.5) is 0 Å². The minimum Gasteiger partial charge on any atom is -0.315 e. The van der Waals surface area contributed by atoms with Crippen molar-refractivity contribution in [3.63, 3.8) is 0 Å². The summed E-state index contributed by atoms with van der Waals surface area (Å²) in [6.07, 6.45) is 0. The molecule has 1 saturated heterocycles. The number of sulfonamides is 1. The molecule has 0 bridgehead atoms. The highest BCUT2D eigenvalue weighted by Crippen LogP contribution is 2.08. The monoisotopic (exact) mass is 206 g/mol. The van der Waals surface area contributed by atoms with Crippen molar-refractivity contribution >= 4 is 10.0 Å². The summed E-state index contributed by atoms with van der Waals surface area (Å²) in [6.45, 7) is 6.71. The van der Waals surface area contributed by atoms with Gasteiger partial charge in [0, 0.05) is 19.6 Å². The molecule has 0 aromatic rings. The van der Waals surface area contributed by atoms with Crippen LogP contribution in [0.1, 0.15) is 13.8 Å². The third-order valence-electron chi connectivity index (χ3n) is 2.30. The molecule has 0 saturated carbocycles. The zero-order valence-electron chi connectivity index (χ0n) is 8.28. The minimum atomic E-state index is -2.98. The second-order valence-corrected chi connectivity index (χ2v) is 5.83. The van der Waals surface area contributed by atoms with Gasteiger partial charge >= 0.3 is 0 Å². The van der Waals surface area contributed by atoms with Gasteiger partial charge in [-0.15, -0.1) is 0 Å². The van der Waals surface area contributed by atoms with Gasteiger partial charge in [0.2, 0.25) is 10.0 Å². The Balaban J connectivity index is 2.68. The van der Waals surface area contributed by atoms with E-state index < -0.39 is 10.0 Å². The molecule has 1 N–H and O–H groups in total. The molecule has 4 nitrogen and oxygen atoms in total. The van der Waals surface area contributed by atoms with Crippen LogP contribution in [-0.4, -0.2) is 44.7 Å². The van der Waals surface area contributed by atoms with Gasteiger partial charge in [-0.05, 0) is 19.4 Å². The second-order valence-electron chi connectivity index (χ2n) is 3.57. The molecule has 1 aliphatic rings. The summed E-state index contributed by atoms with van der Waals surface area (Å²) < 4.78 is 24.7. The summed E-state index contributed by atoms with van der Waals surface area (Å²) in [7, 11) is -2.98. The molecule has 13 heavy (non-hydrogen) atoms. The Bertz CT molecular complexity index is 251. The van der Waals surface area contributed by atoms with E-state index >= 15 is 0 Å².